The molecular weight excluding hydrogens is 412 g/mol. The van der Waals surface area contributed by atoms with Crippen LogP contribution in [0, 0.1) is 0 Å². The Labute approximate surface area is 174 Å². The van der Waals surface area contributed by atoms with E-state index in [2.05, 4.69) is 0 Å². The van der Waals surface area contributed by atoms with Gasteiger partial charge in [0.2, 0.25) is 6.29 Å². The summed E-state index contributed by atoms with van der Waals surface area (Å²) in [4.78, 5) is 12.4. The lowest BCUT2D eigenvalue weighted by molar-refractivity contribution is -0.277. The van der Waals surface area contributed by atoms with Gasteiger partial charge in [0.05, 0.1) is 6.61 Å². The zero-order valence-electron chi connectivity index (χ0n) is 16.0. The minimum absolute atomic E-state index is 0.0154. The molecule has 10 nitrogen and oxygen atoms in total. The van der Waals surface area contributed by atoms with Crippen molar-refractivity contribution in [2.24, 2.45) is 0 Å². The van der Waals surface area contributed by atoms with Crippen LogP contribution in [0.1, 0.15) is 0 Å². The van der Waals surface area contributed by atoms with Crippen molar-refractivity contribution in [2.45, 2.75) is 30.7 Å². The van der Waals surface area contributed by atoms with Crippen LogP contribution in [0.25, 0.3) is 22.3 Å². The van der Waals surface area contributed by atoms with Crippen LogP contribution < -0.4 is 10.2 Å². The number of phenolic OH excluding ortho intramolecular Hbond substituents is 2. The number of rotatable bonds is 4. The highest BCUT2D eigenvalue weighted by molar-refractivity contribution is 5.86. The average molecular weight is 432 g/mol. The SMILES string of the molecule is O=c1cc(-c2ccc(O[C@@H]3O[C@H](CO)[C@@H](O)[C@@H](O)[C@H]3O)cc2)oc2cc(O)cc(O)c12. The Kier molecular flexibility index (Phi) is 5.56. The van der Waals surface area contributed by atoms with Crippen LogP contribution in [0.2, 0.25) is 0 Å². The third-order valence-corrected chi connectivity index (χ3v) is 5.03. The zero-order chi connectivity index (χ0) is 22.3. The van der Waals surface area contributed by atoms with E-state index in [1.807, 2.05) is 0 Å². The standard InChI is InChI=1S/C21H20O10/c22-8-16-18(26)19(27)20(28)21(31-16)29-11-3-1-9(2-4-11)14-7-13(25)17-12(24)5-10(23)6-15(17)30-14/h1-7,16,18-24,26-28H,8H2/t16-,18-,19-,20-,21-/m1/s1. The van der Waals surface area contributed by atoms with Crippen molar-refractivity contribution in [3.05, 3.63) is 52.7 Å². The van der Waals surface area contributed by atoms with Crippen molar-refractivity contribution in [3.8, 4) is 28.6 Å². The highest BCUT2D eigenvalue weighted by atomic mass is 16.7. The number of benzene rings is 2. The first-order chi connectivity index (χ1) is 14.8. The molecular formula is C21H20O10. The Bertz CT molecular complexity index is 1140. The summed E-state index contributed by atoms with van der Waals surface area (Å²) in [5, 5.41) is 58.4. The van der Waals surface area contributed by atoms with E-state index in [0.29, 0.717) is 5.56 Å². The van der Waals surface area contributed by atoms with E-state index in [9.17, 15) is 35.4 Å². The number of phenols is 2. The van der Waals surface area contributed by atoms with Gasteiger partial charge in [0.1, 0.15) is 58.4 Å². The summed E-state index contributed by atoms with van der Waals surface area (Å²) in [6.45, 7) is -0.574. The maximum atomic E-state index is 12.4. The van der Waals surface area contributed by atoms with Gasteiger partial charge in [-0.3, -0.25) is 4.79 Å². The minimum atomic E-state index is -1.56. The van der Waals surface area contributed by atoms with E-state index in [1.165, 1.54) is 24.3 Å². The smallest absolute Gasteiger partial charge is 0.229 e. The van der Waals surface area contributed by atoms with Gasteiger partial charge < -0.3 is 44.5 Å². The number of ether oxygens (including phenoxy) is 2. The molecule has 6 N–H and O–H groups in total. The second-order valence-electron chi connectivity index (χ2n) is 7.15. The van der Waals surface area contributed by atoms with Crippen LogP contribution in [-0.2, 0) is 4.74 Å². The molecule has 2 aromatic carbocycles. The molecule has 1 fully saturated rings. The molecule has 4 rings (SSSR count). The summed E-state index contributed by atoms with van der Waals surface area (Å²) in [7, 11) is 0. The fraction of sp³-hybridized carbons (Fsp3) is 0.286. The number of hydrogen-bond donors (Lipinski definition) is 6. The fourth-order valence-corrected chi connectivity index (χ4v) is 3.39. The van der Waals surface area contributed by atoms with Gasteiger partial charge in [-0.1, -0.05) is 0 Å². The average Bonchev–Trinajstić information content (AvgIpc) is 2.73. The second-order valence-corrected chi connectivity index (χ2v) is 7.15. The third kappa shape index (κ3) is 3.94. The second kappa shape index (κ2) is 8.17. The Morgan fingerprint density at radius 1 is 0.935 bits per heavy atom. The zero-order valence-corrected chi connectivity index (χ0v) is 16.0. The molecule has 0 amide bonds. The lowest BCUT2D eigenvalue weighted by Gasteiger charge is -2.39. The molecule has 2 heterocycles. The van der Waals surface area contributed by atoms with Crippen LogP contribution in [0.5, 0.6) is 17.2 Å². The van der Waals surface area contributed by atoms with Crippen molar-refractivity contribution in [1.82, 2.24) is 0 Å². The highest BCUT2D eigenvalue weighted by Gasteiger charge is 2.44. The van der Waals surface area contributed by atoms with Gasteiger partial charge in [-0.05, 0) is 24.3 Å². The summed E-state index contributed by atoms with van der Waals surface area (Å²) in [6.07, 6.45) is -7.02. The third-order valence-electron chi connectivity index (χ3n) is 5.03. The molecule has 1 aromatic heterocycles. The lowest BCUT2D eigenvalue weighted by Crippen LogP contribution is -2.60. The number of aliphatic hydroxyl groups excluding tert-OH is 4. The van der Waals surface area contributed by atoms with Crippen LogP contribution in [-0.4, -0.2) is 68.0 Å². The molecule has 164 valence electrons. The molecule has 0 radical (unpaired) electrons. The normalized spacial score (nSPS) is 26.1. The summed E-state index contributed by atoms with van der Waals surface area (Å²) in [5.41, 5.74) is 0.0139. The summed E-state index contributed by atoms with van der Waals surface area (Å²) < 4.78 is 16.5. The monoisotopic (exact) mass is 432 g/mol. The van der Waals surface area contributed by atoms with Crippen molar-refractivity contribution >= 4 is 11.0 Å². The first-order valence-electron chi connectivity index (χ1n) is 9.36. The Hall–Kier alpha value is -3.15. The molecule has 31 heavy (non-hydrogen) atoms. The first kappa shape index (κ1) is 21.1. The van der Waals surface area contributed by atoms with Crippen LogP contribution >= 0.6 is 0 Å². The predicted molar refractivity (Wildman–Crippen MR) is 106 cm³/mol. The Morgan fingerprint density at radius 2 is 1.65 bits per heavy atom. The van der Waals surface area contributed by atoms with Crippen molar-refractivity contribution in [2.75, 3.05) is 6.61 Å². The fourth-order valence-electron chi connectivity index (χ4n) is 3.39. The van der Waals surface area contributed by atoms with Crippen molar-refractivity contribution in [3.63, 3.8) is 0 Å². The van der Waals surface area contributed by atoms with Gasteiger partial charge >= 0.3 is 0 Å². The van der Waals surface area contributed by atoms with E-state index < -0.39 is 48.5 Å². The van der Waals surface area contributed by atoms with Gasteiger partial charge in [-0.15, -0.1) is 0 Å². The maximum absolute atomic E-state index is 12.4. The van der Waals surface area contributed by atoms with E-state index in [0.717, 1.165) is 6.07 Å². The van der Waals surface area contributed by atoms with E-state index in [4.69, 9.17) is 13.9 Å². The van der Waals surface area contributed by atoms with Crippen LogP contribution in [0.3, 0.4) is 0 Å². The van der Waals surface area contributed by atoms with Gasteiger partial charge in [0.15, 0.2) is 5.43 Å². The number of aliphatic hydroxyl groups is 4. The maximum Gasteiger partial charge on any atom is 0.229 e. The minimum Gasteiger partial charge on any atom is -0.508 e. The van der Waals surface area contributed by atoms with Crippen LogP contribution in [0.15, 0.2) is 51.7 Å². The molecule has 0 aliphatic carbocycles. The lowest BCUT2D eigenvalue weighted by atomic mass is 9.99. The quantitative estimate of drug-likeness (QED) is 0.331. The molecule has 0 spiro atoms. The molecule has 1 aliphatic heterocycles. The summed E-state index contributed by atoms with van der Waals surface area (Å²) in [6, 6.07) is 9.59. The number of hydrogen-bond acceptors (Lipinski definition) is 10. The predicted octanol–water partition coefficient (Wildman–Crippen LogP) is 0.0499. The van der Waals surface area contributed by atoms with Crippen LogP contribution in [0.4, 0.5) is 0 Å². The molecule has 0 unspecified atom stereocenters. The van der Waals surface area contributed by atoms with E-state index >= 15 is 0 Å². The van der Waals surface area contributed by atoms with E-state index in [-0.39, 0.29) is 28.2 Å². The Morgan fingerprint density at radius 3 is 2.32 bits per heavy atom. The molecule has 1 aliphatic rings. The van der Waals surface area contributed by atoms with Crippen molar-refractivity contribution < 1.29 is 44.5 Å². The van der Waals surface area contributed by atoms with Gasteiger partial charge in [0.25, 0.3) is 0 Å². The first-order valence-corrected chi connectivity index (χ1v) is 9.36. The molecule has 3 aromatic rings. The number of aromatic hydroxyl groups is 2. The molecule has 0 bridgehead atoms. The highest BCUT2D eigenvalue weighted by Crippen LogP contribution is 2.31. The molecule has 0 saturated carbocycles. The van der Waals surface area contributed by atoms with E-state index in [1.54, 1.807) is 12.1 Å². The summed E-state index contributed by atoms with van der Waals surface area (Å²) in [5.74, 6) is -0.222. The van der Waals surface area contributed by atoms with Crippen molar-refractivity contribution in [1.29, 1.82) is 0 Å². The molecule has 10 heteroatoms. The summed E-state index contributed by atoms with van der Waals surface area (Å²) >= 11 is 0. The van der Waals surface area contributed by atoms with Gasteiger partial charge in [-0.2, -0.15) is 0 Å². The van der Waals surface area contributed by atoms with Gasteiger partial charge in [-0.25, -0.2) is 0 Å². The largest absolute Gasteiger partial charge is 0.508 e. The molecule has 1 saturated heterocycles. The topological polar surface area (TPSA) is 170 Å². The molecule has 5 atom stereocenters. The Balaban J connectivity index is 1.58. The number of fused-ring (bicyclic) bond motifs is 1. The van der Waals surface area contributed by atoms with Gasteiger partial charge in [0, 0.05) is 23.8 Å².